The van der Waals surface area contributed by atoms with Gasteiger partial charge in [0.1, 0.15) is 17.3 Å². The van der Waals surface area contributed by atoms with Crippen molar-refractivity contribution in [2.75, 3.05) is 86.5 Å². The van der Waals surface area contributed by atoms with Crippen LogP contribution in [0.15, 0.2) is 42.6 Å². The molecule has 4 aliphatic rings. The van der Waals surface area contributed by atoms with Gasteiger partial charge in [0, 0.05) is 83.2 Å². The Kier molecular flexibility index (Phi) is 11.8. The summed E-state index contributed by atoms with van der Waals surface area (Å²) in [5.41, 5.74) is 5.20. The van der Waals surface area contributed by atoms with E-state index in [0.29, 0.717) is 60.3 Å². The molecular formula is C40H49F3N10O5. The van der Waals surface area contributed by atoms with Gasteiger partial charge in [0.25, 0.3) is 11.8 Å². The van der Waals surface area contributed by atoms with Crippen molar-refractivity contribution in [1.82, 2.24) is 30.6 Å². The van der Waals surface area contributed by atoms with Crippen LogP contribution in [0.2, 0.25) is 0 Å². The number of carbonyl (C=O) groups excluding carboxylic acids is 4. The highest BCUT2D eigenvalue weighted by atomic mass is 19.3. The van der Waals surface area contributed by atoms with Crippen LogP contribution in [0.5, 0.6) is 5.75 Å². The van der Waals surface area contributed by atoms with Crippen LogP contribution < -0.4 is 35.5 Å². The number of hydrogen-bond acceptors (Lipinski definition) is 12. The van der Waals surface area contributed by atoms with Gasteiger partial charge in [0.2, 0.25) is 17.8 Å². The number of alkyl halides is 2. The van der Waals surface area contributed by atoms with Crippen molar-refractivity contribution in [2.24, 2.45) is 5.92 Å². The van der Waals surface area contributed by atoms with Crippen molar-refractivity contribution in [2.45, 2.75) is 57.4 Å². The highest BCUT2D eigenvalue weighted by Crippen LogP contribution is 2.38. The first-order chi connectivity index (χ1) is 27.7. The Morgan fingerprint density at radius 3 is 2.34 bits per heavy atom. The number of imide groups is 1. The molecule has 15 nitrogen and oxygen atoms in total. The molecule has 310 valence electrons. The first-order valence-corrected chi connectivity index (χ1v) is 19.6. The third-order valence-corrected chi connectivity index (χ3v) is 11.4. The first-order valence-electron chi connectivity index (χ1n) is 19.6. The van der Waals surface area contributed by atoms with Crippen molar-refractivity contribution in [1.29, 1.82) is 0 Å². The van der Waals surface area contributed by atoms with Crippen molar-refractivity contribution < 1.29 is 37.1 Å². The number of rotatable bonds is 10. The van der Waals surface area contributed by atoms with E-state index in [4.69, 9.17) is 4.74 Å². The Bertz CT molecular complexity index is 2040. The van der Waals surface area contributed by atoms with Crippen molar-refractivity contribution in [3.63, 3.8) is 0 Å². The van der Waals surface area contributed by atoms with Crippen LogP contribution in [0.3, 0.4) is 0 Å². The molecule has 0 unspecified atom stereocenters. The van der Waals surface area contributed by atoms with Crippen LogP contribution in [0.4, 0.5) is 42.0 Å². The second-order valence-corrected chi connectivity index (χ2v) is 15.7. The number of halogens is 3. The van der Waals surface area contributed by atoms with Crippen LogP contribution in [0.1, 0.15) is 61.4 Å². The normalized spacial score (nSPS) is 19.9. The van der Waals surface area contributed by atoms with E-state index in [1.165, 1.54) is 31.3 Å². The molecule has 4 aliphatic heterocycles. The van der Waals surface area contributed by atoms with E-state index in [-0.39, 0.29) is 65.8 Å². The van der Waals surface area contributed by atoms with E-state index in [1.54, 1.807) is 38.1 Å². The maximum absolute atomic E-state index is 15.2. The van der Waals surface area contributed by atoms with Gasteiger partial charge in [-0.25, -0.2) is 14.4 Å². The third kappa shape index (κ3) is 8.82. The summed E-state index contributed by atoms with van der Waals surface area (Å²) >= 11 is 0. The maximum Gasteiger partial charge on any atom is 0.342 e. The molecule has 5 heterocycles. The molecular weight excluding hydrogens is 757 g/mol. The molecule has 0 radical (unpaired) electrons. The van der Waals surface area contributed by atoms with E-state index >= 15 is 4.39 Å². The first kappa shape index (κ1) is 40.7. The predicted octanol–water partition coefficient (Wildman–Crippen LogP) is 3.89. The van der Waals surface area contributed by atoms with Crippen LogP contribution in [0.25, 0.3) is 0 Å². The molecule has 3 N–H and O–H groups in total. The predicted molar refractivity (Wildman–Crippen MR) is 211 cm³/mol. The minimum Gasteiger partial charge on any atom is -0.495 e. The van der Waals surface area contributed by atoms with Crippen LogP contribution >= 0.6 is 0 Å². The second-order valence-electron chi connectivity index (χ2n) is 15.7. The van der Waals surface area contributed by atoms with Crippen molar-refractivity contribution in [3.05, 3.63) is 59.5 Å². The Morgan fingerprint density at radius 2 is 1.69 bits per heavy atom. The molecule has 1 aromatic heterocycles. The zero-order valence-corrected chi connectivity index (χ0v) is 33.1. The number of aromatic nitrogens is 2. The SMILES string of the molecule is COc1cc(C(=O)NN2CCC(CN3CCN(c4ccc(C5CC(=O)NC(=O)C5)cc4F)CC3)CC2)ccc1Nc1ncc2c(n1)N(C(C)C)CC(F)(F)C(=O)N2C. The molecule has 0 spiro atoms. The summed E-state index contributed by atoms with van der Waals surface area (Å²) in [5, 5.41) is 7.28. The van der Waals surface area contributed by atoms with Gasteiger partial charge in [-0.15, -0.1) is 0 Å². The monoisotopic (exact) mass is 806 g/mol. The fraction of sp³-hybridized carbons (Fsp3) is 0.500. The third-order valence-electron chi connectivity index (χ3n) is 11.4. The van der Waals surface area contributed by atoms with Gasteiger partial charge in [0.15, 0.2) is 5.82 Å². The largest absolute Gasteiger partial charge is 0.495 e. The second kappa shape index (κ2) is 16.8. The number of nitrogens with zero attached hydrogens (tertiary/aromatic N) is 7. The standard InChI is InChI=1S/C40H49F3N10O5/c1-24(2)53-23-40(42,43)38(57)49(3)32-21-44-39(47-36(32)53)45-30-7-5-27(18-33(30)58-4)37(56)48-52-11-9-25(10-12-52)22-50-13-15-51(16-14-50)31-8-6-26(17-29(31)41)28-19-34(54)46-35(55)20-28/h5-8,17-18,21,24-25,28H,9-16,19-20,22-23H2,1-4H3,(H,48,56)(H,44,45,47)(H,46,54,55). The lowest BCUT2D eigenvalue weighted by Gasteiger charge is -2.39. The van der Waals surface area contributed by atoms with Crippen molar-refractivity contribution in [3.8, 4) is 5.75 Å². The maximum atomic E-state index is 15.2. The van der Waals surface area contributed by atoms with Gasteiger partial charge >= 0.3 is 5.92 Å². The Balaban J connectivity index is 0.889. The zero-order valence-electron chi connectivity index (χ0n) is 33.1. The summed E-state index contributed by atoms with van der Waals surface area (Å²) in [6.45, 7) is 7.93. The number of ether oxygens (including phenoxy) is 1. The Hall–Kier alpha value is -5.49. The minimum absolute atomic E-state index is 0.100. The molecule has 3 saturated heterocycles. The number of benzene rings is 2. The fourth-order valence-corrected chi connectivity index (χ4v) is 8.09. The van der Waals surface area contributed by atoms with Gasteiger partial charge < -0.3 is 24.8 Å². The van der Waals surface area contributed by atoms with Crippen LogP contribution in [-0.4, -0.2) is 122 Å². The molecule has 3 fully saturated rings. The number of hydrogen-bond donors (Lipinski definition) is 3. The Morgan fingerprint density at radius 1 is 0.983 bits per heavy atom. The molecule has 18 heteroatoms. The van der Waals surface area contributed by atoms with Gasteiger partial charge in [0.05, 0.1) is 31.2 Å². The van der Waals surface area contributed by atoms with Gasteiger partial charge in [-0.1, -0.05) is 6.07 Å². The van der Waals surface area contributed by atoms with Gasteiger partial charge in [-0.05, 0) is 68.5 Å². The molecule has 0 saturated carbocycles. The van der Waals surface area contributed by atoms with E-state index < -0.39 is 18.4 Å². The van der Waals surface area contributed by atoms with E-state index in [0.717, 1.165) is 37.4 Å². The number of nitrogens with one attached hydrogen (secondary N) is 3. The summed E-state index contributed by atoms with van der Waals surface area (Å²) in [7, 11) is 2.74. The smallest absolute Gasteiger partial charge is 0.342 e. The molecule has 0 bridgehead atoms. The number of anilines is 5. The number of methoxy groups -OCH3 is 1. The number of amides is 4. The average molecular weight is 807 g/mol. The lowest BCUT2D eigenvalue weighted by atomic mass is 9.89. The number of fused-ring (bicyclic) bond motifs is 1. The minimum atomic E-state index is -3.61. The quantitative estimate of drug-likeness (QED) is 0.255. The summed E-state index contributed by atoms with van der Waals surface area (Å²) in [6, 6.07) is 9.56. The van der Waals surface area contributed by atoms with E-state index in [1.807, 2.05) is 16.0 Å². The molecule has 2 aromatic carbocycles. The summed E-state index contributed by atoms with van der Waals surface area (Å²) in [5.74, 6) is -5.46. The van der Waals surface area contributed by atoms with Crippen LogP contribution in [0, 0.1) is 11.7 Å². The number of carbonyl (C=O) groups is 4. The molecule has 0 aliphatic carbocycles. The summed E-state index contributed by atoms with van der Waals surface area (Å²) in [6.07, 6.45) is 3.48. The summed E-state index contributed by atoms with van der Waals surface area (Å²) < 4.78 is 50.3. The molecule has 3 aromatic rings. The molecule has 7 rings (SSSR count). The van der Waals surface area contributed by atoms with E-state index in [2.05, 4.69) is 30.9 Å². The lowest BCUT2D eigenvalue weighted by Crippen LogP contribution is -2.51. The summed E-state index contributed by atoms with van der Waals surface area (Å²) in [4.78, 5) is 64.9. The topological polar surface area (TPSA) is 156 Å². The van der Waals surface area contributed by atoms with Crippen LogP contribution in [-0.2, 0) is 14.4 Å². The molecule has 0 atom stereocenters. The fourth-order valence-electron chi connectivity index (χ4n) is 8.09. The van der Waals surface area contributed by atoms with Crippen molar-refractivity contribution >= 4 is 52.5 Å². The average Bonchev–Trinajstić information content (AvgIpc) is 3.27. The number of hydrazine groups is 1. The highest BCUT2D eigenvalue weighted by molar-refractivity contribution is 6.02. The number of piperidine rings is 2. The zero-order chi connectivity index (χ0) is 41.3. The van der Waals surface area contributed by atoms with Gasteiger partial charge in [-0.3, -0.25) is 34.8 Å². The molecule has 58 heavy (non-hydrogen) atoms. The highest BCUT2D eigenvalue weighted by Gasteiger charge is 2.47. The molecule has 4 amide bonds. The van der Waals surface area contributed by atoms with E-state index in [9.17, 15) is 28.0 Å². The van der Waals surface area contributed by atoms with Gasteiger partial charge in [-0.2, -0.15) is 13.8 Å². The number of piperazine rings is 1. The Labute approximate surface area is 334 Å². The lowest BCUT2D eigenvalue weighted by molar-refractivity contribution is -0.140.